The maximum atomic E-state index is 5.41. The molecular weight excluding hydrogens is 592 g/mol. The molecule has 2 atom stereocenters. The number of aromatic nitrogens is 6. The Labute approximate surface area is 276 Å². The van der Waals surface area contributed by atoms with E-state index in [1.165, 1.54) is 0 Å². The highest BCUT2D eigenvalue weighted by atomic mass is 14.9. The first kappa shape index (κ1) is 27.7. The number of hydrogen-bond donors (Lipinski definition) is 2. The minimum Gasteiger partial charge on any atom is -0.358 e. The van der Waals surface area contributed by atoms with E-state index in [0.717, 1.165) is 78.2 Å². The molecule has 0 saturated carbocycles. The lowest BCUT2D eigenvalue weighted by Crippen LogP contribution is -2.21. The van der Waals surface area contributed by atoms with Gasteiger partial charge in [-0.25, -0.2) is 4.99 Å². The Kier molecular flexibility index (Phi) is 6.75. The van der Waals surface area contributed by atoms with Crippen LogP contribution in [0.25, 0.3) is 16.7 Å². The minimum atomic E-state index is -0.153. The largest absolute Gasteiger partial charge is 0.358 e. The number of aromatic amines is 2. The fourth-order valence-corrected chi connectivity index (χ4v) is 6.85. The van der Waals surface area contributed by atoms with E-state index in [-0.39, 0.29) is 12.0 Å². The number of nitrogens with one attached hydrogen (secondary N) is 2. The van der Waals surface area contributed by atoms with Gasteiger partial charge < -0.3 is 9.97 Å². The third-order valence-corrected chi connectivity index (χ3v) is 9.00. The van der Waals surface area contributed by atoms with E-state index in [1.807, 2.05) is 86.0 Å². The first-order valence-electron chi connectivity index (χ1n) is 15.8. The standard InChI is InChI=1S/C40H28N8/c1-2-30-38(26-11-19-42-20-12-26)32-5-6-34(47-32)40(28-15-23-44-24-16-28)36-8-7-35(48-36)39(27-13-21-43-22-14-27)33-4-3-31(46-33)37(29(1)45-30)25-9-17-41-18-10-25/h1-24,29,37,46-47H/b38-32-,39-35-,40-34-. The molecule has 2 N–H and O–H groups in total. The predicted octanol–water partition coefficient (Wildman–Crippen LogP) is 5.32. The molecule has 0 spiro atoms. The van der Waals surface area contributed by atoms with Crippen LogP contribution in [0.3, 0.4) is 0 Å². The highest BCUT2D eigenvalue weighted by molar-refractivity contribution is 6.31. The summed E-state index contributed by atoms with van der Waals surface area (Å²) in [5, 5.41) is 1.90. The Morgan fingerprint density at radius 3 is 1.67 bits per heavy atom. The summed E-state index contributed by atoms with van der Waals surface area (Å²) in [6.45, 7) is 0. The molecule has 0 saturated heterocycles. The highest BCUT2D eigenvalue weighted by Crippen LogP contribution is 2.37. The topological polar surface area (TPSA) is 108 Å². The number of pyridine rings is 4. The molecule has 0 fully saturated rings. The Bertz CT molecular complexity index is 2430. The van der Waals surface area contributed by atoms with Gasteiger partial charge in [0.1, 0.15) is 0 Å². The van der Waals surface area contributed by atoms with Gasteiger partial charge in [-0.1, -0.05) is 6.08 Å². The van der Waals surface area contributed by atoms with E-state index >= 15 is 0 Å². The molecule has 0 aromatic carbocycles. The van der Waals surface area contributed by atoms with E-state index in [1.54, 1.807) is 0 Å². The molecule has 0 radical (unpaired) electrons. The fraction of sp³-hybridized carbons (Fsp3) is 0.0500. The zero-order valence-corrected chi connectivity index (χ0v) is 25.7. The molecule has 0 amide bonds. The minimum absolute atomic E-state index is 0.0743. The van der Waals surface area contributed by atoms with E-state index in [4.69, 9.17) is 9.98 Å². The second kappa shape index (κ2) is 11.7. The van der Waals surface area contributed by atoms with Crippen LogP contribution in [0.5, 0.6) is 0 Å². The van der Waals surface area contributed by atoms with Crippen LogP contribution in [0.4, 0.5) is 0 Å². The number of hydrogen-bond acceptors (Lipinski definition) is 6. The fourth-order valence-electron chi connectivity index (χ4n) is 6.85. The molecule has 6 aromatic heterocycles. The Hall–Kier alpha value is -6.54. The van der Waals surface area contributed by atoms with E-state index in [2.05, 4.69) is 90.6 Å². The Morgan fingerprint density at radius 2 is 1.04 bits per heavy atom. The zero-order valence-electron chi connectivity index (χ0n) is 25.7. The summed E-state index contributed by atoms with van der Waals surface area (Å²) in [6.07, 6.45) is 23.1. The summed E-state index contributed by atoms with van der Waals surface area (Å²) >= 11 is 0. The van der Waals surface area contributed by atoms with Gasteiger partial charge in [-0.3, -0.25) is 24.9 Å². The number of allylic oxidation sites excluding steroid dienone is 3. The molecule has 8 heteroatoms. The number of aliphatic imine (C=N–C) groups is 2. The molecule has 3 aliphatic rings. The molecule has 9 rings (SSSR count). The van der Waals surface area contributed by atoms with Crippen molar-refractivity contribution in [2.24, 2.45) is 9.98 Å². The maximum absolute atomic E-state index is 5.41. The van der Waals surface area contributed by atoms with Crippen LogP contribution in [-0.4, -0.2) is 47.4 Å². The van der Waals surface area contributed by atoms with Gasteiger partial charge in [0.2, 0.25) is 0 Å². The lowest BCUT2D eigenvalue weighted by Gasteiger charge is -2.20. The molecule has 6 aromatic rings. The number of nitrogens with zero attached hydrogens (tertiary/aromatic N) is 6. The van der Waals surface area contributed by atoms with Crippen molar-refractivity contribution in [2.45, 2.75) is 12.0 Å². The molecule has 48 heavy (non-hydrogen) atoms. The predicted molar refractivity (Wildman–Crippen MR) is 188 cm³/mol. The molecule has 8 nitrogen and oxygen atoms in total. The normalized spacial score (nSPS) is 22.1. The van der Waals surface area contributed by atoms with Gasteiger partial charge in [-0.15, -0.1) is 0 Å². The van der Waals surface area contributed by atoms with Crippen molar-refractivity contribution in [1.82, 2.24) is 29.9 Å². The van der Waals surface area contributed by atoms with Crippen LogP contribution in [0.15, 0.2) is 162 Å². The van der Waals surface area contributed by atoms with Crippen LogP contribution in [0.2, 0.25) is 0 Å². The van der Waals surface area contributed by atoms with Crippen LogP contribution in [-0.2, 0) is 0 Å². The second-order valence-electron chi connectivity index (χ2n) is 11.8. The first-order chi connectivity index (χ1) is 23.8. The van der Waals surface area contributed by atoms with Crippen molar-refractivity contribution in [1.29, 1.82) is 0 Å². The lowest BCUT2D eigenvalue weighted by atomic mass is 9.90. The van der Waals surface area contributed by atoms with Crippen molar-refractivity contribution in [2.75, 3.05) is 0 Å². The highest BCUT2D eigenvalue weighted by Gasteiger charge is 2.29. The molecule has 228 valence electrons. The van der Waals surface area contributed by atoms with Gasteiger partial charge >= 0.3 is 0 Å². The zero-order chi connectivity index (χ0) is 31.9. The molecule has 8 bridgehead atoms. The van der Waals surface area contributed by atoms with Crippen LogP contribution in [0.1, 0.15) is 39.6 Å². The summed E-state index contributed by atoms with van der Waals surface area (Å²) in [5.41, 5.74) is 11.8. The monoisotopic (exact) mass is 620 g/mol. The summed E-state index contributed by atoms with van der Waals surface area (Å²) in [5.74, 6) is -0.0743. The Morgan fingerprint density at radius 1 is 0.479 bits per heavy atom. The summed E-state index contributed by atoms with van der Waals surface area (Å²) in [4.78, 5) is 35.5. The average Bonchev–Trinajstić information content (AvgIpc) is 3.98. The molecule has 0 aliphatic carbocycles. The number of rotatable bonds is 4. The SMILES string of the molecule is C1=C/C2=C(\c3ccncc3)c3ccc([nH]3)C(c3ccncc3)C3C=CC(=N3)/C(c3ccncc3)=c3/cc/c([nH]3)=C(\c3ccncc3)C1=N2. The lowest BCUT2D eigenvalue weighted by molar-refractivity contribution is 0.694. The number of H-pyrrole nitrogens is 2. The summed E-state index contributed by atoms with van der Waals surface area (Å²) < 4.78 is 0. The van der Waals surface area contributed by atoms with E-state index < -0.39 is 0 Å². The van der Waals surface area contributed by atoms with Gasteiger partial charge in [0, 0.05) is 88.4 Å². The summed E-state index contributed by atoms with van der Waals surface area (Å²) in [6, 6.07) is 24.7. The smallest absolute Gasteiger partial charge is 0.0814 e. The summed E-state index contributed by atoms with van der Waals surface area (Å²) in [7, 11) is 0. The van der Waals surface area contributed by atoms with Crippen LogP contribution in [0, 0.1) is 0 Å². The number of fused-ring (bicyclic) bond motifs is 6. The van der Waals surface area contributed by atoms with Crippen molar-refractivity contribution in [3.05, 3.63) is 197 Å². The third kappa shape index (κ3) is 4.87. The Balaban J connectivity index is 1.38. The molecule has 9 heterocycles. The van der Waals surface area contributed by atoms with Gasteiger partial charge in [0.25, 0.3) is 0 Å². The van der Waals surface area contributed by atoms with Crippen molar-refractivity contribution in [3.8, 4) is 0 Å². The van der Waals surface area contributed by atoms with Gasteiger partial charge in [0.15, 0.2) is 0 Å². The average molecular weight is 621 g/mol. The van der Waals surface area contributed by atoms with Crippen LogP contribution < -0.4 is 10.7 Å². The van der Waals surface area contributed by atoms with Gasteiger partial charge in [-0.05, 0) is 113 Å². The third-order valence-electron chi connectivity index (χ3n) is 9.00. The maximum Gasteiger partial charge on any atom is 0.0814 e. The van der Waals surface area contributed by atoms with Gasteiger partial charge in [-0.2, -0.15) is 0 Å². The quantitative estimate of drug-likeness (QED) is 0.278. The van der Waals surface area contributed by atoms with Crippen molar-refractivity contribution >= 4 is 28.1 Å². The van der Waals surface area contributed by atoms with Crippen molar-refractivity contribution in [3.63, 3.8) is 0 Å². The molecular formula is C40H28N8. The van der Waals surface area contributed by atoms with Crippen LogP contribution >= 0.6 is 0 Å². The van der Waals surface area contributed by atoms with E-state index in [9.17, 15) is 0 Å². The van der Waals surface area contributed by atoms with E-state index in [0.29, 0.717) is 0 Å². The second-order valence-corrected chi connectivity index (χ2v) is 11.8. The van der Waals surface area contributed by atoms with Gasteiger partial charge in [0.05, 0.1) is 29.1 Å². The molecule has 2 unspecified atom stereocenters. The van der Waals surface area contributed by atoms with Crippen molar-refractivity contribution < 1.29 is 0 Å². The molecule has 3 aliphatic heterocycles. The first-order valence-corrected chi connectivity index (χ1v) is 15.8.